The molecule has 0 spiro atoms. The molecule has 0 aliphatic carbocycles. The van der Waals surface area contributed by atoms with Gasteiger partial charge in [0.2, 0.25) is 0 Å². The second-order valence-corrected chi connectivity index (χ2v) is 6.84. The van der Waals surface area contributed by atoms with Gasteiger partial charge in [-0.3, -0.25) is 14.9 Å². The molecule has 3 aromatic rings. The number of nitrogens with one attached hydrogen (secondary N) is 1. The molecule has 0 fully saturated rings. The maximum absolute atomic E-state index is 12.1. The number of amides is 1. The lowest BCUT2D eigenvalue weighted by atomic mass is 10.1. The zero-order chi connectivity index (χ0) is 22.2. The van der Waals surface area contributed by atoms with Gasteiger partial charge in [0.05, 0.1) is 11.1 Å². The smallest absolute Gasteiger partial charge is 0.293 e. The van der Waals surface area contributed by atoms with E-state index in [0.717, 1.165) is 11.1 Å². The highest BCUT2D eigenvalue weighted by Gasteiger charge is 2.15. The fourth-order valence-corrected chi connectivity index (χ4v) is 2.95. The van der Waals surface area contributed by atoms with Gasteiger partial charge in [-0.2, -0.15) is 5.10 Å². The van der Waals surface area contributed by atoms with Crippen molar-refractivity contribution in [3.8, 4) is 16.9 Å². The van der Waals surface area contributed by atoms with Crippen LogP contribution in [0.1, 0.15) is 5.56 Å². The minimum Gasteiger partial charge on any atom is -0.483 e. The number of hydrogen-bond donors (Lipinski definition) is 1. The normalized spacial score (nSPS) is 10.6. The molecule has 0 saturated heterocycles. The Labute approximate surface area is 179 Å². The van der Waals surface area contributed by atoms with Crippen molar-refractivity contribution in [1.29, 1.82) is 0 Å². The number of anilines is 1. The molecule has 1 amide bonds. The van der Waals surface area contributed by atoms with Crippen molar-refractivity contribution in [3.05, 3.63) is 88.5 Å². The Balaban J connectivity index is 1.61. The number of hydrogen-bond acceptors (Lipinski definition) is 6. The standard InChI is InChI=1S/C23H22N4O4/c1-26(2)20-13-12-17(14-21(20)27(29)30)15-24-25-23(28)16-31-22-11-7-6-10-19(22)18-8-4-3-5-9-18/h3-15H,16H2,1-2H3,(H,25,28)/b24-15-. The van der Waals surface area contributed by atoms with Gasteiger partial charge in [-0.05, 0) is 17.7 Å². The third kappa shape index (κ3) is 5.66. The minimum absolute atomic E-state index is 0.0406. The van der Waals surface area contributed by atoms with Gasteiger partial charge in [0.15, 0.2) is 6.61 Å². The van der Waals surface area contributed by atoms with Gasteiger partial charge >= 0.3 is 0 Å². The quantitative estimate of drug-likeness (QED) is 0.340. The number of benzene rings is 3. The van der Waals surface area contributed by atoms with E-state index in [-0.39, 0.29) is 12.3 Å². The summed E-state index contributed by atoms with van der Waals surface area (Å²) in [5.74, 6) is 0.140. The number of nitro groups is 1. The Kier molecular flexibility index (Phi) is 6.95. The second kappa shape index (κ2) is 10.0. The van der Waals surface area contributed by atoms with Crippen molar-refractivity contribution in [2.75, 3.05) is 25.6 Å². The number of hydrazone groups is 1. The van der Waals surface area contributed by atoms with E-state index in [0.29, 0.717) is 17.0 Å². The van der Waals surface area contributed by atoms with Crippen LogP contribution in [0.5, 0.6) is 5.75 Å². The van der Waals surface area contributed by atoms with Crippen molar-refractivity contribution >= 4 is 23.5 Å². The molecule has 0 radical (unpaired) electrons. The molecule has 0 aromatic heterocycles. The highest BCUT2D eigenvalue weighted by molar-refractivity contribution is 5.85. The Morgan fingerprint density at radius 2 is 1.81 bits per heavy atom. The Morgan fingerprint density at radius 3 is 2.52 bits per heavy atom. The van der Waals surface area contributed by atoms with Crippen LogP contribution < -0.4 is 15.1 Å². The fraction of sp³-hybridized carbons (Fsp3) is 0.130. The monoisotopic (exact) mass is 418 g/mol. The number of nitro benzene ring substituents is 1. The molecule has 0 aliphatic rings. The zero-order valence-electron chi connectivity index (χ0n) is 17.2. The SMILES string of the molecule is CN(C)c1ccc(/C=N\NC(=O)COc2ccccc2-c2ccccc2)cc1[N+](=O)[O-]. The third-order valence-corrected chi connectivity index (χ3v) is 4.41. The molecule has 0 saturated carbocycles. The van der Waals surface area contributed by atoms with E-state index in [2.05, 4.69) is 10.5 Å². The summed E-state index contributed by atoms with van der Waals surface area (Å²) in [6, 6.07) is 21.9. The minimum atomic E-state index is -0.455. The third-order valence-electron chi connectivity index (χ3n) is 4.41. The van der Waals surface area contributed by atoms with Gasteiger partial charge in [-0.25, -0.2) is 5.43 Å². The first-order chi connectivity index (χ1) is 15.0. The molecule has 31 heavy (non-hydrogen) atoms. The predicted molar refractivity (Wildman–Crippen MR) is 121 cm³/mol. The Hall–Kier alpha value is -4.20. The zero-order valence-corrected chi connectivity index (χ0v) is 17.2. The van der Waals surface area contributed by atoms with Crippen molar-refractivity contribution in [2.45, 2.75) is 0 Å². The molecular weight excluding hydrogens is 396 g/mol. The molecule has 0 unspecified atom stereocenters. The van der Waals surface area contributed by atoms with Crippen LogP contribution in [0.4, 0.5) is 11.4 Å². The molecule has 1 N–H and O–H groups in total. The first-order valence-electron chi connectivity index (χ1n) is 9.50. The van der Waals surface area contributed by atoms with E-state index in [1.807, 2.05) is 48.5 Å². The van der Waals surface area contributed by atoms with Gasteiger partial charge in [0, 0.05) is 31.3 Å². The van der Waals surface area contributed by atoms with Gasteiger partial charge in [-0.15, -0.1) is 0 Å². The predicted octanol–water partition coefficient (Wildman–Crippen LogP) is 3.86. The van der Waals surface area contributed by atoms with Crippen LogP contribution in [-0.4, -0.2) is 37.7 Å². The Bertz CT molecular complexity index is 1100. The van der Waals surface area contributed by atoms with Gasteiger partial charge in [0.25, 0.3) is 11.6 Å². The van der Waals surface area contributed by atoms with Crippen LogP contribution in [-0.2, 0) is 4.79 Å². The first kappa shape index (κ1) is 21.5. The molecule has 0 aliphatic heterocycles. The molecule has 0 bridgehead atoms. The van der Waals surface area contributed by atoms with Crippen LogP contribution >= 0.6 is 0 Å². The molecule has 0 heterocycles. The molecule has 158 valence electrons. The number of para-hydroxylation sites is 1. The maximum atomic E-state index is 12.1. The van der Waals surface area contributed by atoms with E-state index in [1.54, 1.807) is 37.2 Å². The summed E-state index contributed by atoms with van der Waals surface area (Å²) < 4.78 is 5.67. The van der Waals surface area contributed by atoms with E-state index in [4.69, 9.17) is 4.74 Å². The topological polar surface area (TPSA) is 97.1 Å². The summed E-state index contributed by atoms with van der Waals surface area (Å²) in [7, 11) is 3.46. The van der Waals surface area contributed by atoms with Crippen molar-refractivity contribution in [3.63, 3.8) is 0 Å². The lowest BCUT2D eigenvalue weighted by Crippen LogP contribution is -2.24. The summed E-state index contributed by atoms with van der Waals surface area (Å²) in [5.41, 5.74) is 5.18. The summed E-state index contributed by atoms with van der Waals surface area (Å²) in [6.45, 7) is -0.221. The van der Waals surface area contributed by atoms with Crippen LogP contribution in [0.25, 0.3) is 11.1 Å². The number of nitrogens with zero attached hydrogens (tertiary/aromatic N) is 3. The second-order valence-electron chi connectivity index (χ2n) is 6.84. The molecule has 8 nitrogen and oxygen atoms in total. The van der Waals surface area contributed by atoms with Crippen LogP contribution in [0, 0.1) is 10.1 Å². The summed E-state index contributed by atoms with van der Waals surface area (Å²) >= 11 is 0. The number of rotatable bonds is 8. The van der Waals surface area contributed by atoms with Gasteiger partial charge in [0.1, 0.15) is 11.4 Å². The molecule has 0 atom stereocenters. The lowest BCUT2D eigenvalue weighted by Gasteiger charge is -2.12. The van der Waals surface area contributed by atoms with Crippen LogP contribution in [0.3, 0.4) is 0 Å². The van der Waals surface area contributed by atoms with E-state index < -0.39 is 10.8 Å². The fourth-order valence-electron chi connectivity index (χ4n) is 2.95. The maximum Gasteiger partial charge on any atom is 0.293 e. The number of carbonyl (C=O) groups is 1. The van der Waals surface area contributed by atoms with E-state index in [9.17, 15) is 14.9 Å². The highest BCUT2D eigenvalue weighted by atomic mass is 16.6. The van der Waals surface area contributed by atoms with E-state index in [1.165, 1.54) is 12.3 Å². The van der Waals surface area contributed by atoms with Crippen molar-refractivity contribution in [1.82, 2.24) is 5.43 Å². The van der Waals surface area contributed by atoms with Gasteiger partial charge in [-0.1, -0.05) is 54.6 Å². The average Bonchev–Trinajstić information content (AvgIpc) is 2.78. The summed E-state index contributed by atoms with van der Waals surface area (Å²) in [6.07, 6.45) is 1.35. The van der Waals surface area contributed by atoms with Gasteiger partial charge < -0.3 is 9.64 Å². The number of ether oxygens (including phenoxy) is 1. The van der Waals surface area contributed by atoms with Crippen molar-refractivity contribution in [2.24, 2.45) is 5.10 Å². The molecular formula is C23H22N4O4. The Morgan fingerprint density at radius 1 is 1.10 bits per heavy atom. The number of carbonyl (C=O) groups excluding carboxylic acids is 1. The van der Waals surface area contributed by atoms with Crippen LogP contribution in [0.2, 0.25) is 0 Å². The summed E-state index contributed by atoms with van der Waals surface area (Å²) in [4.78, 5) is 24.6. The lowest BCUT2D eigenvalue weighted by molar-refractivity contribution is -0.384. The highest BCUT2D eigenvalue weighted by Crippen LogP contribution is 2.29. The summed E-state index contributed by atoms with van der Waals surface area (Å²) in [5, 5.41) is 15.1. The largest absolute Gasteiger partial charge is 0.483 e. The molecule has 8 heteroatoms. The first-order valence-corrected chi connectivity index (χ1v) is 9.50. The molecule has 3 rings (SSSR count). The van der Waals surface area contributed by atoms with E-state index >= 15 is 0 Å². The average molecular weight is 418 g/mol. The van der Waals surface area contributed by atoms with Crippen LogP contribution in [0.15, 0.2) is 77.9 Å². The molecule has 3 aromatic carbocycles. The van der Waals surface area contributed by atoms with Crippen molar-refractivity contribution < 1.29 is 14.5 Å².